The van der Waals surface area contributed by atoms with Crippen LogP contribution in [0.1, 0.15) is 34.1 Å². The van der Waals surface area contributed by atoms with Crippen LogP contribution >= 0.6 is 0 Å². The van der Waals surface area contributed by atoms with Crippen molar-refractivity contribution in [2.24, 2.45) is 5.10 Å². The summed E-state index contributed by atoms with van der Waals surface area (Å²) in [5, 5.41) is 5.83. The summed E-state index contributed by atoms with van der Waals surface area (Å²) in [6.07, 6.45) is 1.68. The van der Waals surface area contributed by atoms with Gasteiger partial charge < -0.3 is 18.8 Å². The van der Waals surface area contributed by atoms with Crippen LogP contribution in [0, 0.1) is 5.82 Å². The van der Waals surface area contributed by atoms with Crippen molar-refractivity contribution in [1.82, 2.24) is 9.91 Å². The second kappa shape index (κ2) is 11.0. The Kier molecular flexibility index (Phi) is 7.57. The van der Waals surface area contributed by atoms with Gasteiger partial charge in [-0.3, -0.25) is 9.59 Å². The first-order valence-corrected chi connectivity index (χ1v) is 11.1. The van der Waals surface area contributed by atoms with E-state index in [1.807, 2.05) is 18.2 Å². The molecule has 1 aromatic heterocycles. The van der Waals surface area contributed by atoms with E-state index in [4.69, 9.17) is 13.9 Å². The molecule has 0 bridgehead atoms. The number of halogens is 1. The molecular weight excluding hydrogens is 453 g/mol. The highest BCUT2D eigenvalue weighted by Crippen LogP contribution is 2.37. The summed E-state index contributed by atoms with van der Waals surface area (Å²) in [7, 11) is 3.06. The Morgan fingerprint density at radius 2 is 1.89 bits per heavy atom. The topological polar surface area (TPSA) is 84.6 Å². The van der Waals surface area contributed by atoms with Gasteiger partial charge in [-0.1, -0.05) is 36.4 Å². The number of ether oxygens (including phenoxy) is 2. The molecule has 3 aromatic rings. The third-order valence-electron chi connectivity index (χ3n) is 5.76. The van der Waals surface area contributed by atoms with Crippen LogP contribution < -0.4 is 4.74 Å². The first-order valence-electron chi connectivity index (χ1n) is 11.1. The van der Waals surface area contributed by atoms with Crippen molar-refractivity contribution in [2.45, 2.75) is 12.5 Å². The second-order valence-corrected chi connectivity index (χ2v) is 7.92. The predicted octanol–water partition coefficient (Wildman–Crippen LogP) is 3.89. The van der Waals surface area contributed by atoms with E-state index in [-0.39, 0.29) is 31.9 Å². The van der Waals surface area contributed by atoms with Crippen LogP contribution in [0.3, 0.4) is 0 Å². The Morgan fingerprint density at radius 1 is 1.11 bits per heavy atom. The summed E-state index contributed by atoms with van der Waals surface area (Å²) in [5.74, 6) is -0.584. The van der Waals surface area contributed by atoms with Crippen LogP contribution in [0.2, 0.25) is 0 Å². The van der Waals surface area contributed by atoms with Crippen LogP contribution in [-0.4, -0.2) is 61.4 Å². The van der Waals surface area contributed by atoms with Crippen LogP contribution in [0.15, 0.2) is 76.4 Å². The molecular formula is C26H26FN3O5. The smallest absolute Gasteiger partial charge is 0.290 e. The molecule has 0 N–H and O–H groups in total. The molecule has 0 fully saturated rings. The van der Waals surface area contributed by atoms with Gasteiger partial charge in [0, 0.05) is 31.2 Å². The first-order chi connectivity index (χ1) is 17.0. The summed E-state index contributed by atoms with van der Waals surface area (Å²) in [4.78, 5) is 27.8. The molecule has 1 aliphatic rings. The fraction of sp³-hybridized carbons (Fsp3) is 0.269. The van der Waals surface area contributed by atoms with Gasteiger partial charge in [0.25, 0.3) is 11.8 Å². The maximum Gasteiger partial charge on any atom is 0.290 e. The molecule has 182 valence electrons. The molecule has 2 aromatic carbocycles. The third-order valence-corrected chi connectivity index (χ3v) is 5.76. The lowest BCUT2D eigenvalue weighted by Gasteiger charge is -2.27. The van der Waals surface area contributed by atoms with E-state index in [1.54, 1.807) is 37.4 Å². The minimum Gasteiger partial charge on any atom is -0.496 e. The van der Waals surface area contributed by atoms with Gasteiger partial charge in [0.15, 0.2) is 5.76 Å². The van der Waals surface area contributed by atoms with Crippen molar-refractivity contribution in [3.63, 3.8) is 0 Å². The fourth-order valence-corrected chi connectivity index (χ4v) is 4.03. The third kappa shape index (κ3) is 5.25. The van der Waals surface area contributed by atoms with Gasteiger partial charge in [-0.2, -0.15) is 5.10 Å². The maximum atomic E-state index is 14.6. The molecule has 0 saturated carbocycles. The zero-order valence-electron chi connectivity index (χ0n) is 19.5. The summed E-state index contributed by atoms with van der Waals surface area (Å²) >= 11 is 0. The largest absolute Gasteiger partial charge is 0.496 e. The summed E-state index contributed by atoms with van der Waals surface area (Å²) in [5.41, 5.74) is 1.50. The van der Waals surface area contributed by atoms with Crippen molar-refractivity contribution in [1.29, 1.82) is 0 Å². The summed E-state index contributed by atoms with van der Waals surface area (Å²) in [6, 6.07) is 16.2. The van der Waals surface area contributed by atoms with E-state index in [0.717, 1.165) is 5.56 Å². The molecule has 9 heteroatoms. The molecule has 4 rings (SSSR count). The lowest BCUT2D eigenvalue weighted by atomic mass is 9.97. The molecule has 0 radical (unpaired) electrons. The number of nitrogens with zero attached hydrogens (tertiary/aromatic N) is 3. The van der Waals surface area contributed by atoms with Gasteiger partial charge in [-0.05, 0) is 24.3 Å². The van der Waals surface area contributed by atoms with Crippen LogP contribution in [0.5, 0.6) is 5.75 Å². The zero-order valence-corrected chi connectivity index (χ0v) is 19.5. The molecule has 0 unspecified atom stereocenters. The van der Waals surface area contributed by atoms with Gasteiger partial charge in [0.2, 0.25) is 0 Å². The molecule has 1 atom stereocenters. The van der Waals surface area contributed by atoms with Crippen molar-refractivity contribution in [3.8, 4) is 5.75 Å². The predicted molar refractivity (Wildman–Crippen MR) is 127 cm³/mol. The highest BCUT2D eigenvalue weighted by molar-refractivity contribution is 6.04. The number of hydrazone groups is 1. The number of methoxy groups -OCH3 is 2. The van der Waals surface area contributed by atoms with Gasteiger partial charge in [0.1, 0.15) is 18.1 Å². The average Bonchev–Trinajstić information content (AvgIpc) is 3.57. The van der Waals surface area contributed by atoms with Crippen LogP contribution in [0.4, 0.5) is 4.39 Å². The Labute approximate surface area is 202 Å². The first kappa shape index (κ1) is 24.2. The number of carbonyl (C=O) groups excluding carboxylic acids is 2. The normalized spacial score (nSPS) is 15.1. The standard InChI is InChI=1S/C26H26FN3O5/c1-33-15-13-29(26(32)24-12-7-14-35-24)17-25(31)30-22(19-9-4-6-11-23(19)34-2)16-21(28-30)18-8-3-5-10-20(18)27/h3-12,14,22H,13,15-17H2,1-2H3/t22-/m1/s1. The van der Waals surface area contributed by atoms with Gasteiger partial charge in [-0.15, -0.1) is 0 Å². The Hall–Kier alpha value is -3.98. The molecule has 0 spiro atoms. The van der Waals surface area contributed by atoms with E-state index >= 15 is 0 Å². The molecule has 8 nitrogen and oxygen atoms in total. The number of furan rings is 1. The highest BCUT2D eigenvalue weighted by atomic mass is 19.1. The average molecular weight is 480 g/mol. The van der Waals surface area contributed by atoms with E-state index in [0.29, 0.717) is 17.0 Å². The van der Waals surface area contributed by atoms with E-state index < -0.39 is 23.7 Å². The number of benzene rings is 2. The van der Waals surface area contributed by atoms with E-state index in [2.05, 4.69) is 5.10 Å². The molecule has 0 aliphatic carbocycles. The van der Waals surface area contributed by atoms with Gasteiger partial charge in [-0.25, -0.2) is 9.40 Å². The second-order valence-electron chi connectivity index (χ2n) is 7.92. The number of amides is 2. The number of carbonyl (C=O) groups is 2. The maximum absolute atomic E-state index is 14.6. The minimum absolute atomic E-state index is 0.118. The Morgan fingerprint density at radius 3 is 2.60 bits per heavy atom. The summed E-state index contributed by atoms with van der Waals surface area (Å²) in [6.45, 7) is 0.154. The van der Waals surface area contributed by atoms with Crippen LogP contribution in [-0.2, 0) is 9.53 Å². The molecule has 0 saturated heterocycles. The van der Waals surface area contributed by atoms with Crippen molar-refractivity contribution in [2.75, 3.05) is 33.9 Å². The Bertz CT molecular complexity index is 1210. The molecule has 1 aliphatic heterocycles. The monoisotopic (exact) mass is 479 g/mol. The van der Waals surface area contributed by atoms with Gasteiger partial charge >= 0.3 is 0 Å². The molecule has 2 amide bonds. The fourth-order valence-electron chi connectivity index (χ4n) is 4.03. The van der Waals surface area contributed by atoms with E-state index in [9.17, 15) is 14.0 Å². The number of hydrogen-bond donors (Lipinski definition) is 0. The number of hydrogen-bond acceptors (Lipinski definition) is 6. The van der Waals surface area contributed by atoms with Crippen LogP contribution in [0.25, 0.3) is 0 Å². The SMILES string of the molecule is COCCN(CC(=O)N1N=C(c2ccccc2F)C[C@@H]1c1ccccc1OC)C(=O)c1ccco1. The Balaban J connectivity index is 1.67. The van der Waals surface area contributed by atoms with E-state index in [1.165, 1.54) is 35.4 Å². The highest BCUT2D eigenvalue weighted by Gasteiger charge is 2.36. The van der Waals surface area contributed by atoms with Crippen molar-refractivity contribution in [3.05, 3.63) is 89.6 Å². The summed E-state index contributed by atoms with van der Waals surface area (Å²) < 4.78 is 30.4. The lowest BCUT2D eigenvalue weighted by Crippen LogP contribution is -2.42. The quantitative estimate of drug-likeness (QED) is 0.465. The van der Waals surface area contributed by atoms with Crippen molar-refractivity contribution >= 4 is 17.5 Å². The zero-order chi connectivity index (χ0) is 24.8. The number of para-hydroxylation sites is 1. The molecule has 2 heterocycles. The number of rotatable bonds is 9. The molecule has 35 heavy (non-hydrogen) atoms. The minimum atomic E-state index is -0.531. The van der Waals surface area contributed by atoms with Gasteiger partial charge in [0.05, 0.1) is 31.7 Å². The lowest BCUT2D eigenvalue weighted by molar-refractivity contribution is -0.133. The van der Waals surface area contributed by atoms with Crippen molar-refractivity contribution < 1.29 is 27.9 Å².